The maximum Gasteiger partial charge on any atom is 0.115 e. The molecule has 1 saturated heterocycles. The van der Waals surface area contributed by atoms with Crippen LogP contribution in [0.2, 0.25) is 0 Å². The molecule has 1 aromatic carbocycles. The molecule has 0 aromatic heterocycles. The number of phenols is 1. The van der Waals surface area contributed by atoms with Crippen LogP contribution in [-0.2, 0) is 0 Å². The summed E-state index contributed by atoms with van der Waals surface area (Å²) in [4.78, 5) is 0. The summed E-state index contributed by atoms with van der Waals surface area (Å²) in [5.74, 6) is 1.12. The second-order valence-corrected chi connectivity index (χ2v) is 6.74. The molecule has 1 saturated carbocycles. The quantitative estimate of drug-likeness (QED) is 0.796. The number of rotatable bonds is 4. The minimum Gasteiger partial charge on any atom is -0.508 e. The highest BCUT2D eigenvalue weighted by Crippen LogP contribution is 2.32. The Hall–Kier alpha value is -1.06. The highest BCUT2D eigenvalue weighted by molar-refractivity contribution is 5.29. The van der Waals surface area contributed by atoms with E-state index in [0.29, 0.717) is 23.9 Å². The summed E-state index contributed by atoms with van der Waals surface area (Å²) in [6.07, 6.45) is 8.02. The highest BCUT2D eigenvalue weighted by Gasteiger charge is 2.33. The van der Waals surface area contributed by atoms with Crippen molar-refractivity contribution in [3.8, 4) is 5.75 Å². The van der Waals surface area contributed by atoms with Crippen LogP contribution in [0.1, 0.15) is 57.1 Å². The standard InChI is InChI=1S/C18H28N2O/c1-13(14-6-4-7-15(21)12-14)20-18-9-3-2-8-16(18)17-10-5-11-19-17/h4,6-7,12-13,16-21H,2-3,5,8-11H2,1H3. The van der Waals surface area contributed by atoms with E-state index in [2.05, 4.69) is 23.6 Å². The summed E-state index contributed by atoms with van der Waals surface area (Å²) in [6.45, 7) is 3.40. The number of benzene rings is 1. The molecule has 0 bridgehead atoms. The van der Waals surface area contributed by atoms with Gasteiger partial charge >= 0.3 is 0 Å². The van der Waals surface area contributed by atoms with Crippen molar-refractivity contribution in [2.24, 2.45) is 5.92 Å². The van der Waals surface area contributed by atoms with Crippen LogP contribution in [-0.4, -0.2) is 23.7 Å². The van der Waals surface area contributed by atoms with Crippen LogP contribution in [0.3, 0.4) is 0 Å². The van der Waals surface area contributed by atoms with E-state index in [1.165, 1.54) is 50.6 Å². The fraction of sp³-hybridized carbons (Fsp3) is 0.667. The lowest BCUT2D eigenvalue weighted by molar-refractivity contribution is 0.203. The highest BCUT2D eigenvalue weighted by atomic mass is 16.3. The summed E-state index contributed by atoms with van der Waals surface area (Å²) in [5.41, 5.74) is 1.18. The largest absolute Gasteiger partial charge is 0.508 e. The second-order valence-electron chi connectivity index (χ2n) is 6.74. The smallest absolute Gasteiger partial charge is 0.115 e. The van der Waals surface area contributed by atoms with Gasteiger partial charge in [-0.3, -0.25) is 0 Å². The van der Waals surface area contributed by atoms with Gasteiger partial charge in [0.05, 0.1) is 0 Å². The predicted molar refractivity (Wildman–Crippen MR) is 86.4 cm³/mol. The summed E-state index contributed by atoms with van der Waals surface area (Å²) in [5, 5.41) is 17.2. The minimum atomic E-state index is 0.295. The average molecular weight is 288 g/mol. The lowest BCUT2D eigenvalue weighted by Gasteiger charge is -2.38. The van der Waals surface area contributed by atoms with E-state index in [0.717, 1.165) is 5.92 Å². The lowest BCUT2D eigenvalue weighted by Crippen LogP contribution is -2.47. The normalized spacial score (nSPS) is 31.2. The molecule has 1 aliphatic carbocycles. The first-order valence-electron chi connectivity index (χ1n) is 8.52. The van der Waals surface area contributed by atoms with Gasteiger partial charge < -0.3 is 15.7 Å². The number of aromatic hydroxyl groups is 1. The van der Waals surface area contributed by atoms with Gasteiger partial charge in [0.15, 0.2) is 0 Å². The molecule has 2 fully saturated rings. The number of nitrogens with one attached hydrogen (secondary N) is 2. The topological polar surface area (TPSA) is 44.3 Å². The molecule has 1 aliphatic heterocycles. The van der Waals surface area contributed by atoms with Gasteiger partial charge in [-0.05, 0) is 62.8 Å². The van der Waals surface area contributed by atoms with E-state index in [4.69, 9.17) is 0 Å². The lowest BCUT2D eigenvalue weighted by atomic mass is 9.79. The molecule has 1 aromatic rings. The Bertz CT molecular complexity index is 456. The van der Waals surface area contributed by atoms with Crippen LogP contribution in [0.15, 0.2) is 24.3 Å². The fourth-order valence-electron chi connectivity index (χ4n) is 4.14. The Balaban J connectivity index is 1.66. The van der Waals surface area contributed by atoms with Crippen molar-refractivity contribution >= 4 is 0 Å². The molecule has 116 valence electrons. The molecule has 1 heterocycles. The molecule has 3 heteroatoms. The Labute approximate surface area is 128 Å². The maximum absolute atomic E-state index is 9.65. The molecule has 0 amide bonds. The van der Waals surface area contributed by atoms with Crippen molar-refractivity contribution in [2.45, 2.75) is 63.6 Å². The van der Waals surface area contributed by atoms with E-state index in [1.54, 1.807) is 6.07 Å². The van der Waals surface area contributed by atoms with Gasteiger partial charge in [0.2, 0.25) is 0 Å². The molecule has 2 aliphatic rings. The Morgan fingerprint density at radius 2 is 2.05 bits per heavy atom. The monoisotopic (exact) mass is 288 g/mol. The van der Waals surface area contributed by atoms with Gasteiger partial charge in [-0.15, -0.1) is 0 Å². The van der Waals surface area contributed by atoms with Crippen molar-refractivity contribution in [1.29, 1.82) is 0 Å². The molecular weight excluding hydrogens is 260 g/mol. The minimum absolute atomic E-state index is 0.295. The molecule has 0 radical (unpaired) electrons. The van der Waals surface area contributed by atoms with E-state index in [-0.39, 0.29) is 0 Å². The summed E-state index contributed by atoms with van der Waals surface area (Å²) in [6, 6.07) is 9.25. The number of hydrogen-bond acceptors (Lipinski definition) is 3. The molecule has 3 nitrogen and oxygen atoms in total. The first-order chi connectivity index (χ1) is 10.2. The maximum atomic E-state index is 9.65. The summed E-state index contributed by atoms with van der Waals surface area (Å²) >= 11 is 0. The SMILES string of the molecule is CC(NC1CCCCC1C1CCCN1)c1cccc(O)c1. The molecule has 21 heavy (non-hydrogen) atoms. The second kappa shape index (κ2) is 6.80. The third-order valence-electron chi connectivity index (χ3n) is 5.27. The number of phenolic OH excluding ortho intramolecular Hbond substituents is 1. The first kappa shape index (κ1) is 14.9. The van der Waals surface area contributed by atoms with E-state index < -0.39 is 0 Å². The zero-order valence-corrected chi connectivity index (χ0v) is 13.0. The van der Waals surface area contributed by atoms with Crippen LogP contribution in [0, 0.1) is 5.92 Å². The molecular formula is C18H28N2O. The van der Waals surface area contributed by atoms with E-state index in [1.807, 2.05) is 12.1 Å². The predicted octanol–water partition coefficient (Wildman–Crippen LogP) is 3.35. The van der Waals surface area contributed by atoms with Crippen LogP contribution < -0.4 is 10.6 Å². The molecule has 4 atom stereocenters. The van der Waals surface area contributed by atoms with Crippen molar-refractivity contribution in [3.05, 3.63) is 29.8 Å². The Morgan fingerprint density at radius 1 is 1.19 bits per heavy atom. The van der Waals surface area contributed by atoms with Gasteiger partial charge in [0, 0.05) is 18.1 Å². The Kier molecular flexibility index (Phi) is 4.81. The van der Waals surface area contributed by atoms with Crippen molar-refractivity contribution in [1.82, 2.24) is 10.6 Å². The van der Waals surface area contributed by atoms with E-state index in [9.17, 15) is 5.11 Å². The van der Waals surface area contributed by atoms with Crippen molar-refractivity contribution < 1.29 is 5.11 Å². The van der Waals surface area contributed by atoms with E-state index >= 15 is 0 Å². The van der Waals surface area contributed by atoms with Gasteiger partial charge in [-0.25, -0.2) is 0 Å². The third-order valence-corrected chi connectivity index (χ3v) is 5.27. The van der Waals surface area contributed by atoms with Crippen molar-refractivity contribution in [2.75, 3.05) is 6.54 Å². The summed E-state index contributed by atoms with van der Waals surface area (Å²) in [7, 11) is 0. The molecule has 4 unspecified atom stereocenters. The Morgan fingerprint density at radius 3 is 2.81 bits per heavy atom. The summed E-state index contributed by atoms with van der Waals surface area (Å²) < 4.78 is 0. The molecule has 3 rings (SSSR count). The van der Waals surface area contributed by atoms with Gasteiger partial charge in [0.1, 0.15) is 5.75 Å². The van der Waals surface area contributed by atoms with Gasteiger partial charge in [0.25, 0.3) is 0 Å². The average Bonchev–Trinajstić information content (AvgIpc) is 3.02. The zero-order chi connectivity index (χ0) is 14.7. The number of hydrogen-bond donors (Lipinski definition) is 3. The molecule has 3 N–H and O–H groups in total. The molecule has 0 spiro atoms. The third kappa shape index (κ3) is 3.58. The van der Waals surface area contributed by atoms with Gasteiger partial charge in [-0.1, -0.05) is 25.0 Å². The van der Waals surface area contributed by atoms with Gasteiger partial charge in [-0.2, -0.15) is 0 Å². The fourth-order valence-corrected chi connectivity index (χ4v) is 4.14. The van der Waals surface area contributed by atoms with Crippen LogP contribution in [0.25, 0.3) is 0 Å². The first-order valence-corrected chi connectivity index (χ1v) is 8.52. The van der Waals surface area contributed by atoms with Crippen LogP contribution in [0.5, 0.6) is 5.75 Å². The van der Waals surface area contributed by atoms with Crippen LogP contribution in [0.4, 0.5) is 0 Å². The van der Waals surface area contributed by atoms with Crippen molar-refractivity contribution in [3.63, 3.8) is 0 Å². The van der Waals surface area contributed by atoms with Crippen LogP contribution >= 0.6 is 0 Å². The zero-order valence-electron chi connectivity index (χ0n) is 13.0.